The molecular weight excluding hydrogens is 473 g/mol. The van der Waals surface area contributed by atoms with E-state index in [1.807, 2.05) is 4.90 Å². The number of fused-ring (bicyclic) bond motifs is 1. The van der Waals surface area contributed by atoms with Gasteiger partial charge in [0.25, 0.3) is 0 Å². The Morgan fingerprint density at radius 2 is 2.12 bits per heavy atom. The Balaban J connectivity index is 1.40. The van der Waals surface area contributed by atoms with Gasteiger partial charge >= 0.3 is 6.18 Å². The summed E-state index contributed by atoms with van der Waals surface area (Å²) in [6, 6.07) is 3.18. The van der Waals surface area contributed by atoms with Crippen LogP contribution in [0.1, 0.15) is 29.8 Å². The molecule has 1 aliphatic heterocycles. The molecule has 0 bridgehead atoms. The lowest BCUT2D eigenvalue weighted by molar-refractivity contribution is -0.142. The van der Waals surface area contributed by atoms with Gasteiger partial charge < -0.3 is 10.2 Å². The summed E-state index contributed by atoms with van der Waals surface area (Å²) < 4.78 is 48.1. The molecule has 0 radical (unpaired) electrons. The summed E-state index contributed by atoms with van der Waals surface area (Å²) in [4.78, 5) is 10.5. The lowest BCUT2D eigenvalue weighted by atomic mass is 10.2. The number of anilines is 1. The molecule has 4 aromatic rings. The second kappa shape index (κ2) is 8.34. The van der Waals surface area contributed by atoms with E-state index in [1.165, 1.54) is 17.8 Å². The van der Waals surface area contributed by atoms with Crippen molar-refractivity contribution in [2.24, 2.45) is 7.05 Å². The van der Waals surface area contributed by atoms with Crippen LogP contribution in [-0.2, 0) is 19.8 Å². The summed E-state index contributed by atoms with van der Waals surface area (Å²) in [5.41, 5.74) is 5.74. The topological polar surface area (TPSA) is 103 Å². The van der Waals surface area contributed by atoms with Crippen LogP contribution < -0.4 is 5.73 Å². The van der Waals surface area contributed by atoms with E-state index < -0.39 is 11.9 Å². The largest absolute Gasteiger partial charge is 0.461 e. The van der Waals surface area contributed by atoms with Gasteiger partial charge in [0.15, 0.2) is 22.9 Å². The molecule has 0 unspecified atom stereocenters. The zero-order valence-corrected chi connectivity index (χ0v) is 18.6. The summed E-state index contributed by atoms with van der Waals surface area (Å²) in [6.07, 6.45) is 0.0173. The third kappa shape index (κ3) is 4.08. The van der Waals surface area contributed by atoms with E-state index in [9.17, 15) is 13.2 Å². The van der Waals surface area contributed by atoms with Crippen molar-refractivity contribution in [2.45, 2.75) is 31.6 Å². The fraction of sp³-hybridized carbons (Fsp3) is 0.333. The number of furan rings is 1. The van der Waals surface area contributed by atoms with E-state index in [2.05, 4.69) is 32.0 Å². The number of nitrogen functional groups attached to an aromatic ring is 1. The highest BCUT2D eigenvalue weighted by Crippen LogP contribution is 2.35. The van der Waals surface area contributed by atoms with Crippen LogP contribution in [0.25, 0.3) is 17.2 Å². The highest BCUT2D eigenvalue weighted by molar-refractivity contribution is 6.30. The van der Waals surface area contributed by atoms with E-state index in [0.717, 1.165) is 11.1 Å². The van der Waals surface area contributed by atoms with Crippen LogP contribution >= 0.6 is 11.6 Å². The minimum absolute atomic E-state index is 0.00888. The van der Waals surface area contributed by atoms with E-state index in [-0.39, 0.29) is 29.1 Å². The minimum atomic E-state index is -4.59. The first kappa shape index (κ1) is 22.2. The predicted molar refractivity (Wildman–Crippen MR) is 116 cm³/mol. The molecule has 1 aliphatic rings. The fourth-order valence-electron chi connectivity index (χ4n) is 3.94. The molecule has 34 heavy (non-hydrogen) atoms. The summed E-state index contributed by atoms with van der Waals surface area (Å²) >= 11 is 6.12. The first-order valence-corrected chi connectivity index (χ1v) is 10.7. The lowest BCUT2D eigenvalue weighted by Crippen LogP contribution is -2.28. The Morgan fingerprint density at radius 3 is 2.85 bits per heavy atom. The number of alkyl halides is 3. The number of aryl methyl sites for hydroxylation is 1. The van der Waals surface area contributed by atoms with Gasteiger partial charge in [-0.15, -0.1) is 5.10 Å². The first-order chi connectivity index (χ1) is 16.2. The van der Waals surface area contributed by atoms with Crippen molar-refractivity contribution in [3.8, 4) is 23.4 Å². The average Bonchev–Trinajstić information content (AvgIpc) is 3.56. The van der Waals surface area contributed by atoms with Gasteiger partial charge in [-0.2, -0.15) is 18.3 Å². The van der Waals surface area contributed by atoms with E-state index in [4.69, 9.17) is 21.8 Å². The first-order valence-electron chi connectivity index (χ1n) is 10.3. The number of aromatic nitrogens is 6. The molecule has 0 amide bonds. The minimum Gasteiger partial charge on any atom is -0.461 e. The molecule has 0 spiro atoms. The SMILES string of the molecule is Cn1nc(C(F)(F)F)c(CN2CCC[C@H]2C#Cc2cn3nc(-c4ccco4)nc3c(N)n2)c1Cl. The molecule has 0 aliphatic carbocycles. The number of halogens is 4. The van der Waals surface area contributed by atoms with Crippen molar-refractivity contribution in [1.82, 2.24) is 34.3 Å². The van der Waals surface area contributed by atoms with Crippen molar-refractivity contribution in [1.29, 1.82) is 0 Å². The maximum Gasteiger partial charge on any atom is 0.435 e. The van der Waals surface area contributed by atoms with Crippen molar-refractivity contribution in [2.75, 3.05) is 12.3 Å². The van der Waals surface area contributed by atoms with Gasteiger partial charge in [-0.1, -0.05) is 17.5 Å². The highest BCUT2D eigenvalue weighted by atomic mass is 35.5. The zero-order valence-electron chi connectivity index (χ0n) is 17.8. The summed E-state index contributed by atoms with van der Waals surface area (Å²) in [5, 5.41) is 7.87. The second-order valence-corrected chi connectivity index (χ2v) is 8.19. The Bertz CT molecular complexity index is 1410. The molecule has 176 valence electrons. The van der Waals surface area contributed by atoms with Gasteiger partial charge in [-0.3, -0.25) is 9.58 Å². The van der Waals surface area contributed by atoms with Crippen LogP contribution in [0.5, 0.6) is 0 Å². The Kier molecular flexibility index (Phi) is 5.45. The highest BCUT2D eigenvalue weighted by Gasteiger charge is 2.39. The number of hydrogen-bond donors (Lipinski definition) is 1. The molecule has 0 aromatic carbocycles. The van der Waals surface area contributed by atoms with Gasteiger partial charge in [0.05, 0.1) is 18.5 Å². The molecule has 9 nitrogen and oxygen atoms in total. The molecule has 5 heterocycles. The molecule has 0 saturated carbocycles. The number of nitrogens with zero attached hydrogens (tertiary/aromatic N) is 7. The normalized spacial score (nSPS) is 16.8. The predicted octanol–water partition coefficient (Wildman–Crippen LogP) is 3.39. The third-order valence-corrected chi connectivity index (χ3v) is 5.99. The zero-order chi connectivity index (χ0) is 24.0. The Morgan fingerprint density at radius 1 is 1.29 bits per heavy atom. The number of nitrogens with two attached hydrogens (primary N) is 1. The molecule has 13 heteroatoms. The Labute approximate surface area is 196 Å². The Hall–Kier alpha value is -3.56. The number of hydrogen-bond acceptors (Lipinski definition) is 7. The van der Waals surface area contributed by atoms with Crippen molar-refractivity contribution >= 4 is 23.1 Å². The maximum atomic E-state index is 13.4. The van der Waals surface area contributed by atoms with Gasteiger partial charge in [-0.25, -0.2) is 14.5 Å². The molecular formula is C21H18ClF3N8O. The van der Waals surface area contributed by atoms with Crippen LogP contribution in [0.2, 0.25) is 5.15 Å². The molecule has 1 saturated heterocycles. The number of rotatable bonds is 3. The molecule has 1 atom stereocenters. The van der Waals surface area contributed by atoms with Gasteiger partial charge in [0, 0.05) is 19.2 Å². The van der Waals surface area contributed by atoms with Crippen molar-refractivity contribution in [3.05, 3.63) is 46.7 Å². The summed E-state index contributed by atoms with van der Waals surface area (Å²) in [6.45, 7) is 0.580. The molecule has 5 rings (SSSR count). The van der Waals surface area contributed by atoms with Crippen LogP contribution in [0, 0.1) is 11.8 Å². The van der Waals surface area contributed by atoms with E-state index in [1.54, 1.807) is 18.3 Å². The molecule has 1 fully saturated rings. The second-order valence-electron chi connectivity index (χ2n) is 7.83. The van der Waals surface area contributed by atoms with Gasteiger partial charge in [0.1, 0.15) is 10.8 Å². The van der Waals surface area contributed by atoms with Crippen LogP contribution in [0.4, 0.5) is 19.0 Å². The molecule has 4 aromatic heterocycles. The summed E-state index contributed by atoms with van der Waals surface area (Å²) in [7, 11) is 1.38. The van der Waals surface area contributed by atoms with E-state index in [0.29, 0.717) is 35.9 Å². The fourth-order valence-corrected chi connectivity index (χ4v) is 4.12. The van der Waals surface area contributed by atoms with Crippen LogP contribution in [0.3, 0.4) is 0 Å². The van der Waals surface area contributed by atoms with Crippen molar-refractivity contribution in [3.63, 3.8) is 0 Å². The van der Waals surface area contributed by atoms with Gasteiger partial charge in [-0.05, 0) is 37.4 Å². The standard InChI is InChI=1S/C21H18ClF3N8O/c1-31-17(22)14(16(29-31)21(23,24)25)11-32-8-2-4-13(32)7-6-12-10-33-20(18(26)27-12)28-19(30-33)15-5-3-9-34-15/h3,5,9-10,13H,2,4,8,11H2,1H3,(H2,26,27)/t13-/m0/s1. The monoisotopic (exact) mass is 490 g/mol. The number of likely N-dealkylation sites (tertiary alicyclic amines) is 1. The molecule has 2 N–H and O–H groups in total. The quantitative estimate of drug-likeness (QED) is 0.439. The maximum absolute atomic E-state index is 13.4. The smallest absolute Gasteiger partial charge is 0.435 e. The summed E-state index contributed by atoms with van der Waals surface area (Å²) in [5.74, 6) is 7.08. The average molecular weight is 491 g/mol. The van der Waals surface area contributed by atoms with E-state index >= 15 is 0 Å². The lowest BCUT2D eigenvalue weighted by Gasteiger charge is -2.20. The van der Waals surface area contributed by atoms with Crippen molar-refractivity contribution < 1.29 is 17.6 Å². The van der Waals surface area contributed by atoms with Gasteiger partial charge in [0.2, 0.25) is 5.82 Å². The van der Waals surface area contributed by atoms with Crippen LogP contribution in [-0.4, -0.2) is 46.8 Å². The third-order valence-electron chi connectivity index (χ3n) is 5.52. The van der Waals surface area contributed by atoms with Crippen LogP contribution in [0.15, 0.2) is 29.0 Å².